The Kier molecular flexibility index (Phi) is 7.74. The van der Waals surface area contributed by atoms with E-state index in [1.807, 2.05) is 54.6 Å². The summed E-state index contributed by atoms with van der Waals surface area (Å²) >= 11 is 0. The van der Waals surface area contributed by atoms with Gasteiger partial charge in [-0.25, -0.2) is 4.79 Å². The summed E-state index contributed by atoms with van der Waals surface area (Å²) in [5, 5.41) is 11.9. The lowest BCUT2D eigenvalue weighted by atomic mass is 9.76. The molecule has 2 N–H and O–H groups in total. The van der Waals surface area contributed by atoms with E-state index in [1.165, 1.54) is 4.90 Å². The van der Waals surface area contributed by atoms with E-state index < -0.39 is 29.5 Å². The highest BCUT2D eigenvalue weighted by atomic mass is 16.4. The Bertz CT molecular complexity index is 1130. The van der Waals surface area contributed by atoms with Crippen molar-refractivity contribution in [2.24, 2.45) is 5.92 Å². The largest absolute Gasteiger partial charge is 0.480 e. The standard InChI is InChI=1S/C30H33N3O4/c1-21(2)27(29(36)37)31-26(34)20-32(3)28(35)25-19-33(25)30(22-13-7-4-8-14-22,23-15-9-5-10-16-23)24-17-11-6-12-18-24/h4-18,21,25,27H,19-20H2,1-3H3,(H,31,34)(H,36,37)/t25?,27?,33-/m1/s1. The number of rotatable bonds is 10. The number of hydrogen-bond acceptors (Lipinski definition) is 4. The summed E-state index contributed by atoms with van der Waals surface area (Å²) in [6.07, 6.45) is 0. The molecule has 0 bridgehead atoms. The number of nitrogens with zero attached hydrogens (tertiary/aromatic N) is 2. The van der Waals surface area contributed by atoms with E-state index in [0.717, 1.165) is 16.7 Å². The van der Waals surface area contributed by atoms with E-state index in [2.05, 4.69) is 46.6 Å². The number of benzene rings is 3. The fourth-order valence-electron chi connectivity index (χ4n) is 5.04. The maximum absolute atomic E-state index is 13.5. The summed E-state index contributed by atoms with van der Waals surface area (Å²) in [4.78, 5) is 41.1. The Morgan fingerprint density at radius 1 is 0.892 bits per heavy atom. The van der Waals surface area contributed by atoms with Crippen LogP contribution in [0.1, 0.15) is 30.5 Å². The molecule has 1 aliphatic heterocycles. The van der Waals surface area contributed by atoms with E-state index in [-0.39, 0.29) is 18.4 Å². The van der Waals surface area contributed by atoms with Crippen LogP contribution in [-0.4, -0.2) is 64.9 Å². The third-order valence-corrected chi connectivity index (χ3v) is 6.91. The third-order valence-electron chi connectivity index (χ3n) is 6.91. The van der Waals surface area contributed by atoms with Gasteiger partial charge in [-0.2, -0.15) is 0 Å². The number of carbonyl (C=O) groups is 3. The third kappa shape index (κ3) is 5.27. The molecule has 0 aliphatic carbocycles. The molecule has 7 nitrogen and oxygen atoms in total. The second kappa shape index (κ2) is 11.0. The molecule has 1 aliphatic rings. The number of amides is 2. The Labute approximate surface area is 217 Å². The molecule has 1 fully saturated rings. The van der Waals surface area contributed by atoms with Crippen LogP contribution in [0.3, 0.4) is 0 Å². The summed E-state index contributed by atoms with van der Waals surface area (Å²) in [6, 6.07) is 29.0. The van der Waals surface area contributed by atoms with E-state index >= 15 is 0 Å². The van der Waals surface area contributed by atoms with Crippen molar-refractivity contribution in [3.05, 3.63) is 108 Å². The van der Waals surface area contributed by atoms with Gasteiger partial charge in [0.25, 0.3) is 0 Å². The lowest BCUT2D eigenvalue weighted by molar-refractivity contribution is -0.143. The highest BCUT2D eigenvalue weighted by molar-refractivity contribution is 5.91. The van der Waals surface area contributed by atoms with Gasteiger partial charge in [-0.05, 0) is 22.6 Å². The number of hydrogen-bond donors (Lipinski definition) is 2. The Morgan fingerprint density at radius 3 is 1.70 bits per heavy atom. The summed E-state index contributed by atoms with van der Waals surface area (Å²) < 4.78 is 0. The predicted octanol–water partition coefficient (Wildman–Crippen LogP) is 3.35. The molecule has 2 unspecified atom stereocenters. The molecule has 3 atom stereocenters. The SMILES string of the molecule is CC(C)C(NC(=O)CN(C)C(=O)C1C[N@@]1C(c1ccccc1)(c1ccccc1)c1ccccc1)C(=O)O. The van der Waals surface area contributed by atoms with E-state index in [9.17, 15) is 19.5 Å². The molecule has 1 heterocycles. The van der Waals surface area contributed by atoms with E-state index in [4.69, 9.17) is 0 Å². The van der Waals surface area contributed by atoms with Crippen molar-refractivity contribution in [2.45, 2.75) is 31.5 Å². The maximum atomic E-state index is 13.5. The van der Waals surface area contributed by atoms with Crippen molar-refractivity contribution in [1.82, 2.24) is 15.1 Å². The average molecular weight is 500 g/mol. The fourth-order valence-corrected chi connectivity index (χ4v) is 5.04. The van der Waals surface area contributed by atoms with Crippen molar-refractivity contribution in [3.63, 3.8) is 0 Å². The molecule has 7 heteroatoms. The molecule has 2 amide bonds. The first-order valence-corrected chi connectivity index (χ1v) is 12.5. The van der Waals surface area contributed by atoms with Crippen LogP contribution >= 0.6 is 0 Å². The Balaban J connectivity index is 1.64. The number of nitrogens with one attached hydrogen (secondary N) is 1. The molecule has 0 aromatic heterocycles. The summed E-state index contributed by atoms with van der Waals surface area (Å²) in [6.45, 7) is 3.76. The van der Waals surface area contributed by atoms with Gasteiger partial charge in [-0.1, -0.05) is 105 Å². The van der Waals surface area contributed by atoms with E-state index in [1.54, 1.807) is 20.9 Å². The minimum atomic E-state index is -1.09. The first-order valence-electron chi connectivity index (χ1n) is 12.5. The van der Waals surface area contributed by atoms with Crippen LogP contribution in [-0.2, 0) is 19.9 Å². The van der Waals surface area contributed by atoms with Crippen molar-refractivity contribution >= 4 is 17.8 Å². The summed E-state index contributed by atoms with van der Waals surface area (Å²) in [7, 11) is 1.58. The molecule has 0 radical (unpaired) electrons. The Morgan fingerprint density at radius 2 is 1.32 bits per heavy atom. The quantitative estimate of drug-likeness (QED) is 0.330. The minimum absolute atomic E-state index is 0.182. The monoisotopic (exact) mass is 499 g/mol. The molecular formula is C30H33N3O4. The number of carboxylic acids is 1. The van der Waals surface area contributed by atoms with Crippen LogP contribution in [0.15, 0.2) is 91.0 Å². The molecule has 1 saturated heterocycles. The lowest BCUT2D eigenvalue weighted by Crippen LogP contribution is -2.49. The van der Waals surface area contributed by atoms with Crippen LogP contribution in [0.25, 0.3) is 0 Å². The van der Waals surface area contributed by atoms with Gasteiger partial charge < -0.3 is 15.3 Å². The van der Waals surface area contributed by atoms with Crippen LogP contribution in [0.4, 0.5) is 0 Å². The zero-order valence-electron chi connectivity index (χ0n) is 21.4. The Hall–Kier alpha value is -3.97. The molecule has 4 rings (SSSR count). The first-order chi connectivity index (χ1) is 17.8. The molecule has 0 spiro atoms. The smallest absolute Gasteiger partial charge is 0.326 e. The number of likely N-dealkylation sites (N-methyl/N-ethyl adjacent to an activating group) is 1. The van der Waals surface area contributed by atoms with Gasteiger partial charge in [-0.3, -0.25) is 14.5 Å². The van der Waals surface area contributed by atoms with Crippen LogP contribution in [0.5, 0.6) is 0 Å². The molecular weight excluding hydrogens is 466 g/mol. The van der Waals surface area contributed by atoms with Gasteiger partial charge in [0.1, 0.15) is 12.1 Å². The minimum Gasteiger partial charge on any atom is -0.480 e. The first kappa shape index (κ1) is 26.1. The second-order valence-corrected chi connectivity index (χ2v) is 9.80. The fraction of sp³-hybridized carbons (Fsp3) is 0.300. The van der Waals surface area contributed by atoms with Crippen LogP contribution in [0.2, 0.25) is 0 Å². The molecule has 192 valence electrons. The van der Waals surface area contributed by atoms with Crippen molar-refractivity contribution in [3.8, 4) is 0 Å². The van der Waals surface area contributed by atoms with Crippen LogP contribution in [0, 0.1) is 5.92 Å². The zero-order chi connectivity index (χ0) is 26.6. The van der Waals surface area contributed by atoms with Crippen LogP contribution < -0.4 is 5.32 Å². The van der Waals surface area contributed by atoms with Crippen molar-refractivity contribution in [1.29, 1.82) is 0 Å². The predicted molar refractivity (Wildman–Crippen MR) is 142 cm³/mol. The van der Waals surface area contributed by atoms with Gasteiger partial charge in [0.15, 0.2) is 0 Å². The lowest BCUT2D eigenvalue weighted by Gasteiger charge is -2.38. The summed E-state index contributed by atoms with van der Waals surface area (Å²) in [5.41, 5.74) is 2.44. The molecule has 3 aromatic rings. The second-order valence-electron chi connectivity index (χ2n) is 9.80. The summed E-state index contributed by atoms with van der Waals surface area (Å²) in [5.74, 6) is -2.04. The zero-order valence-corrected chi connectivity index (χ0v) is 21.4. The van der Waals surface area contributed by atoms with Gasteiger partial charge in [0.2, 0.25) is 11.8 Å². The van der Waals surface area contributed by atoms with Gasteiger partial charge in [-0.15, -0.1) is 0 Å². The van der Waals surface area contributed by atoms with Gasteiger partial charge in [0, 0.05) is 13.6 Å². The molecule has 0 saturated carbocycles. The van der Waals surface area contributed by atoms with Crippen molar-refractivity contribution in [2.75, 3.05) is 20.1 Å². The van der Waals surface area contributed by atoms with Gasteiger partial charge >= 0.3 is 5.97 Å². The maximum Gasteiger partial charge on any atom is 0.326 e. The van der Waals surface area contributed by atoms with Crippen molar-refractivity contribution < 1.29 is 19.5 Å². The topological polar surface area (TPSA) is 89.7 Å². The number of carbonyl (C=O) groups excluding carboxylic acids is 2. The highest BCUT2D eigenvalue weighted by Gasteiger charge is 2.56. The van der Waals surface area contributed by atoms with Gasteiger partial charge in [0.05, 0.1) is 12.1 Å². The highest BCUT2D eigenvalue weighted by Crippen LogP contribution is 2.48. The molecule has 3 aromatic carbocycles. The normalized spacial score (nSPS) is 17.6. The number of aliphatic carboxylic acids is 1. The van der Waals surface area contributed by atoms with E-state index in [0.29, 0.717) is 6.54 Å². The average Bonchev–Trinajstić information content (AvgIpc) is 3.70. The molecule has 37 heavy (non-hydrogen) atoms. The number of carboxylic acid groups (broad SMARTS) is 1.